The Morgan fingerprint density at radius 2 is 1.71 bits per heavy atom. The summed E-state index contributed by atoms with van der Waals surface area (Å²) in [7, 11) is 0. The smallest absolute Gasteiger partial charge is 0.253 e. The first-order valence-electron chi connectivity index (χ1n) is 13.0. The Labute approximate surface area is 208 Å². The summed E-state index contributed by atoms with van der Waals surface area (Å²) >= 11 is 0. The van der Waals surface area contributed by atoms with Crippen LogP contribution in [0.4, 0.5) is 0 Å². The van der Waals surface area contributed by atoms with Gasteiger partial charge in [0.05, 0.1) is 5.52 Å². The average Bonchev–Trinajstić information content (AvgIpc) is 3.14. The van der Waals surface area contributed by atoms with Crippen molar-refractivity contribution in [2.24, 2.45) is 11.3 Å². The number of carbonyl (C=O) groups excluding carboxylic acids is 2. The molecule has 0 bridgehead atoms. The number of hydrogen-bond acceptors (Lipinski definition) is 3. The van der Waals surface area contributed by atoms with Gasteiger partial charge in [-0.15, -0.1) is 0 Å². The minimum absolute atomic E-state index is 0.0715. The van der Waals surface area contributed by atoms with Crippen LogP contribution in [-0.4, -0.2) is 52.8 Å². The van der Waals surface area contributed by atoms with Crippen LogP contribution in [0.3, 0.4) is 0 Å². The predicted octanol–water partition coefficient (Wildman–Crippen LogP) is 5.35. The second kappa shape index (κ2) is 10.2. The van der Waals surface area contributed by atoms with Gasteiger partial charge in [-0.1, -0.05) is 37.3 Å². The van der Waals surface area contributed by atoms with Crippen LogP contribution in [0.25, 0.3) is 10.9 Å². The van der Waals surface area contributed by atoms with Gasteiger partial charge in [-0.2, -0.15) is 0 Å². The highest BCUT2D eigenvalue weighted by Crippen LogP contribution is 2.35. The molecule has 2 aliphatic rings. The van der Waals surface area contributed by atoms with Crippen LogP contribution in [0, 0.1) is 11.3 Å². The number of pyridine rings is 1. The Hall–Kier alpha value is -3.21. The van der Waals surface area contributed by atoms with Crippen LogP contribution in [0.2, 0.25) is 0 Å². The predicted molar refractivity (Wildman–Crippen MR) is 139 cm³/mol. The Morgan fingerprint density at radius 3 is 2.51 bits per heavy atom. The summed E-state index contributed by atoms with van der Waals surface area (Å²) in [6.45, 7) is 5.07. The first-order valence-corrected chi connectivity index (χ1v) is 13.0. The van der Waals surface area contributed by atoms with Gasteiger partial charge < -0.3 is 9.80 Å². The average molecular weight is 470 g/mol. The lowest BCUT2D eigenvalue weighted by molar-refractivity contribution is -0.143. The van der Waals surface area contributed by atoms with E-state index in [-0.39, 0.29) is 17.2 Å². The highest BCUT2D eigenvalue weighted by molar-refractivity contribution is 5.94. The van der Waals surface area contributed by atoms with Gasteiger partial charge in [-0.3, -0.25) is 14.6 Å². The van der Waals surface area contributed by atoms with E-state index in [1.165, 1.54) is 10.9 Å². The van der Waals surface area contributed by atoms with Crippen molar-refractivity contribution in [3.05, 3.63) is 78.0 Å². The summed E-state index contributed by atoms with van der Waals surface area (Å²) in [4.78, 5) is 34.9. The summed E-state index contributed by atoms with van der Waals surface area (Å²) in [6, 6.07) is 20.1. The van der Waals surface area contributed by atoms with Crippen molar-refractivity contribution in [3.8, 4) is 0 Å². The fraction of sp³-hybridized carbons (Fsp3) is 0.433. The molecule has 1 atom stereocenters. The van der Waals surface area contributed by atoms with Crippen LogP contribution in [0.1, 0.15) is 54.9 Å². The third kappa shape index (κ3) is 5.24. The van der Waals surface area contributed by atoms with Gasteiger partial charge >= 0.3 is 0 Å². The second-order valence-corrected chi connectivity index (χ2v) is 10.5. The van der Waals surface area contributed by atoms with E-state index in [2.05, 4.69) is 41.1 Å². The fourth-order valence-corrected chi connectivity index (χ4v) is 5.72. The van der Waals surface area contributed by atoms with Crippen LogP contribution < -0.4 is 0 Å². The zero-order valence-electron chi connectivity index (χ0n) is 20.7. The van der Waals surface area contributed by atoms with Gasteiger partial charge in [0.2, 0.25) is 5.91 Å². The van der Waals surface area contributed by atoms with Crippen molar-refractivity contribution in [1.29, 1.82) is 0 Å². The zero-order chi connectivity index (χ0) is 24.3. The molecule has 35 heavy (non-hydrogen) atoms. The summed E-state index contributed by atoms with van der Waals surface area (Å²) < 4.78 is 0. The van der Waals surface area contributed by atoms with E-state index in [0.717, 1.165) is 62.7 Å². The van der Waals surface area contributed by atoms with Gasteiger partial charge in [0.15, 0.2) is 0 Å². The maximum Gasteiger partial charge on any atom is 0.253 e. The van der Waals surface area contributed by atoms with Crippen molar-refractivity contribution in [3.63, 3.8) is 0 Å². The molecule has 0 aliphatic carbocycles. The number of nitrogens with zero attached hydrogens (tertiary/aromatic N) is 3. The summed E-state index contributed by atoms with van der Waals surface area (Å²) in [5.74, 6) is 0.948. The van der Waals surface area contributed by atoms with Crippen molar-refractivity contribution >= 4 is 22.7 Å². The van der Waals surface area contributed by atoms with Crippen LogP contribution in [0.5, 0.6) is 0 Å². The van der Waals surface area contributed by atoms with Gasteiger partial charge in [0.1, 0.15) is 0 Å². The van der Waals surface area contributed by atoms with E-state index < -0.39 is 0 Å². The van der Waals surface area contributed by atoms with Gasteiger partial charge in [0, 0.05) is 48.7 Å². The second-order valence-electron chi connectivity index (χ2n) is 10.5. The monoisotopic (exact) mass is 469 g/mol. The van der Waals surface area contributed by atoms with E-state index in [0.29, 0.717) is 19.0 Å². The first kappa shape index (κ1) is 23.5. The lowest BCUT2D eigenvalue weighted by atomic mass is 9.78. The third-order valence-corrected chi connectivity index (χ3v) is 8.02. The number of rotatable bonds is 4. The summed E-state index contributed by atoms with van der Waals surface area (Å²) in [5, 5.41) is 1.19. The molecule has 0 spiro atoms. The molecule has 5 rings (SSSR count). The van der Waals surface area contributed by atoms with Crippen molar-refractivity contribution in [2.75, 3.05) is 26.2 Å². The van der Waals surface area contributed by atoms with E-state index in [1.54, 1.807) is 0 Å². The summed E-state index contributed by atoms with van der Waals surface area (Å²) in [5.41, 5.74) is 2.75. The molecule has 2 aromatic carbocycles. The molecule has 2 amide bonds. The normalized spacial score (nSPS) is 20.4. The third-order valence-electron chi connectivity index (χ3n) is 8.02. The van der Waals surface area contributed by atoms with Crippen LogP contribution in [-0.2, 0) is 11.2 Å². The maximum absolute atomic E-state index is 13.6. The molecular weight excluding hydrogens is 434 g/mol. The van der Waals surface area contributed by atoms with Crippen LogP contribution >= 0.6 is 0 Å². The number of likely N-dealkylation sites (tertiary alicyclic amines) is 2. The molecular formula is C30H35N3O2. The number of hydrogen-bond donors (Lipinski definition) is 0. The summed E-state index contributed by atoms with van der Waals surface area (Å²) in [6.07, 6.45) is 7.62. The quantitative estimate of drug-likeness (QED) is 0.518. The lowest BCUT2D eigenvalue weighted by Crippen LogP contribution is -2.50. The number of carbonyl (C=O) groups is 2. The number of benzene rings is 2. The Morgan fingerprint density at radius 1 is 0.914 bits per heavy atom. The highest BCUT2D eigenvalue weighted by Gasteiger charge is 2.41. The molecule has 5 nitrogen and oxygen atoms in total. The van der Waals surface area contributed by atoms with E-state index >= 15 is 0 Å². The number of piperidine rings is 1. The number of aromatic nitrogens is 1. The molecule has 0 radical (unpaired) electrons. The van der Waals surface area contributed by atoms with Gasteiger partial charge in [0.25, 0.3) is 5.91 Å². The van der Waals surface area contributed by atoms with Crippen molar-refractivity contribution in [2.45, 2.75) is 45.4 Å². The largest absolute Gasteiger partial charge is 0.342 e. The molecule has 3 aromatic rings. The molecule has 3 heterocycles. The molecule has 0 saturated carbocycles. The zero-order valence-corrected chi connectivity index (χ0v) is 20.7. The molecule has 5 heteroatoms. The van der Waals surface area contributed by atoms with Gasteiger partial charge in [-0.05, 0) is 80.3 Å². The fourth-order valence-electron chi connectivity index (χ4n) is 5.72. The SMILES string of the molecule is CC1(C(=O)N2CCC[C@@H](Cc3ccc4ncccc4c3)CC2)CCN(C(=O)c2ccccc2)CC1. The van der Waals surface area contributed by atoms with Crippen molar-refractivity contribution < 1.29 is 9.59 Å². The van der Waals surface area contributed by atoms with E-state index in [4.69, 9.17) is 0 Å². The van der Waals surface area contributed by atoms with Gasteiger partial charge in [-0.25, -0.2) is 0 Å². The Kier molecular flexibility index (Phi) is 6.85. The minimum atomic E-state index is -0.376. The Bertz CT molecular complexity index is 1180. The maximum atomic E-state index is 13.6. The minimum Gasteiger partial charge on any atom is -0.342 e. The first-order chi connectivity index (χ1) is 17.0. The molecule has 2 saturated heterocycles. The topological polar surface area (TPSA) is 53.5 Å². The molecule has 182 valence electrons. The molecule has 2 fully saturated rings. The highest BCUT2D eigenvalue weighted by atomic mass is 16.2. The van der Waals surface area contributed by atoms with E-state index in [1.807, 2.05) is 47.5 Å². The molecule has 0 unspecified atom stereocenters. The standard InChI is InChI=1S/C30H35N3O2/c1-30(14-19-32(20-15-30)28(34)25-8-3-2-4-9-25)29(35)33-17-6-7-23(13-18-33)21-24-11-12-27-26(22-24)10-5-16-31-27/h2-5,8-12,16,22-23H,6-7,13-15,17-21H2,1H3/t23-/m1/s1. The molecule has 2 aliphatic heterocycles. The van der Waals surface area contributed by atoms with E-state index in [9.17, 15) is 9.59 Å². The molecule has 0 N–H and O–H groups in total. The van der Waals surface area contributed by atoms with Crippen molar-refractivity contribution in [1.82, 2.24) is 14.8 Å². The number of amides is 2. The Balaban J connectivity index is 1.16. The lowest BCUT2D eigenvalue weighted by Gasteiger charge is -2.41. The van der Waals surface area contributed by atoms with Crippen LogP contribution in [0.15, 0.2) is 66.9 Å². The number of fused-ring (bicyclic) bond motifs is 1. The molecule has 1 aromatic heterocycles.